The zero-order valence-electron chi connectivity index (χ0n) is 16.0. The Hall–Kier alpha value is -3.41. The molecule has 0 spiro atoms. The summed E-state index contributed by atoms with van der Waals surface area (Å²) in [5, 5.41) is 16.9. The molecule has 1 amide bonds. The molecular formula is C23H23N3O3. The molecule has 0 bridgehead atoms. The lowest BCUT2D eigenvalue weighted by Gasteiger charge is -2.11. The number of amides is 1. The van der Waals surface area contributed by atoms with E-state index in [9.17, 15) is 9.59 Å². The number of hydrogen-bond acceptors (Lipinski definition) is 3. The van der Waals surface area contributed by atoms with E-state index in [0.29, 0.717) is 25.8 Å². The van der Waals surface area contributed by atoms with Gasteiger partial charge in [-0.15, -0.1) is 0 Å². The zero-order chi connectivity index (χ0) is 20.2. The Bertz CT molecular complexity index is 999. The van der Waals surface area contributed by atoms with Gasteiger partial charge in [-0.2, -0.15) is 5.10 Å². The van der Waals surface area contributed by atoms with Gasteiger partial charge in [-0.05, 0) is 31.4 Å². The largest absolute Gasteiger partial charge is 0.481 e. The van der Waals surface area contributed by atoms with Gasteiger partial charge in [0.15, 0.2) is 0 Å². The molecule has 29 heavy (non-hydrogen) atoms. The van der Waals surface area contributed by atoms with Gasteiger partial charge in [-0.25, -0.2) is 4.68 Å². The Morgan fingerprint density at radius 2 is 1.66 bits per heavy atom. The summed E-state index contributed by atoms with van der Waals surface area (Å²) in [5.41, 5.74) is 3.67. The summed E-state index contributed by atoms with van der Waals surface area (Å²) in [5.74, 6) is -1.54. The number of carboxylic acid groups (broad SMARTS) is 1. The molecule has 1 aliphatic carbocycles. The van der Waals surface area contributed by atoms with Crippen molar-refractivity contribution in [2.24, 2.45) is 11.8 Å². The van der Waals surface area contributed by atoms with Crippen molar-refractivity contribution >= 4 is 11.9 Å². The normalized spacial score (nSPS) is 18.5. The second kappa shape index (κ2) is 8.31. The summed E-state index contributed by atoms with van der Waals surface area (Å²) in [6.45, 7) is 0.351. The predicted molar refractivity (Wildman–Crippen MR) is 109 cm³/mol. The van der Waals surface area contributed by atoms with Gasteiger partial charge in [0.05, 0.1) is 17.3 Å². The van der Waals surface area contributed by atoms with Crippen LogP contribution in [0.4, 0.5) is 0 Å². The van der Waals surface area contributed by atoms with Gasteiger partial charge in [0.2, 0.25) is 5.91 Å². The Balaban J connectivity index is 1.54. The highest BCUT2D eigenvalue weighted by Gasteiger charge is 2.33. The molecule has 148 valence electrons. The van der Waals surface area contributed by atoms with Crippen LogP contribution in [0.5, 0.6) is 0 Å². The molecule has 0 unspecified atom stereocenters. The van der Waals surface area contributed by atoms with E-state index in [4.69, 9.17) is 10.2 Å². The van der Waals surface area contributed by atoms with E-state index in [1.165, 1.54) is 0 Å². The third kappa shape index (κ3) is 4.21. The first-order valence-electron chi connectivity index (χ1n) is 9.81. The van der Waals surface area contributed by atoms with Crippen molar-refractivity contribution in [3.05, 3.63) is 72.4 Å². The lowest BCUT2D eigenvalue weighted by atomic mass is 10.0. The maximum atomic E-state index is 12.6. The minimum absolute atomic E-state index is 0.0831. The first kappa shape index (κ1) is 18.9. The van der Waals surface area contributed by atoms with Gasteiger partial charge in [0.1, 0.15) is 0 Å². The molecule has 2 N–H and O–H groups in total. The fraction of sp³-hybridized carbons (Fsp3) is 0.261. The van der Waals surface area contributed by atoms with Crippen LogP contribution in [0.3, 0.4) is 0 Å². The smallest absolute Gasteiger partial charge is 0.306 e. The van der Waals surface area contributed by atoms with E-state index in [1.54, 1.807) is 0 Å². The molecule has 6 nitrogen and oxygen atoms in total. The maximum Gasteiger partial charge on any atom is 0.306 e. The molecule has 1 saturated carbocycles. The molecule has 1 fully saturated rings. The van der Waals surface area contributed by atoms with Crippen LogP contribution in [0.15, 0.2) is 66.9 Å². The second-order valence-corrected chi connectivity index (χ2v) is 7.41. The molecule has 1 aromatic heterocycles. The lowest BCUT2D eigenvalue weighted by Crippen LogP contribution is -2.29. The van der Waals surface area contributed by atoms with Crippen molar-refractivity contribution < 1.29 is 14.7 Å². The molecule has 3 aromatic rings. The maximum absolute atomic E-state index is 12.6. The van der Waals surface area contributed by atoms with Crippen molar-refractivity contribution in [1.29, 1.82) is 0 Å². The Kier molecular flexibility index (Phi) is 5.42. The molecule has 2 aromatic carbocycles. The molecule has 1 heterocycles. The van der Waals surface area contributed by atoms with Crippen LogP contribution >= 0.6 is 0 Å². The first-order valence-corrected chi connectivity index (χ1v) is 9.81. The quantitative estimate of drug-likeness (QED) is 0.674. The number of carbonyl (C=O) groups is 2. The zero-order valence-corrected chi connectivity index (χ0v) is 16.0. The van der Waals surface area contributed by atoms with Crippen LogP contribution in [-0.4, -0.2) is 26.8 Å². The van der Waals surface area contributed by atoms with E-state index in [0.717, 1.165) is 22.5 Å². The number of para-hydroxylation sites is 1. The topological polar surface area (TPSA) is 84.2 Å². The molecule has 6 heteroatoms. The van der Waals surface area contributed by atoms with Crippen LogP contribution in [0.1, 0.15) is 24.8 Å². The molecule has 0 radical (unpaired) electrons. The summed E-state index contributed by atoms with van der Waals surface area (Å²) in [4.78, 5) is 23.7. The highest BCUT2D eigenvalue weighted by Crippen LogP contribution is 2.31. The summed E-state index contributed by atoms with van der Waals surface area (Å²) < 4.78 is 1.82. The average molecular weight is 389 g/mol. The Labute approximate surface area is 169 Å². The van der Waals surface area contributed by atoms with E-state index < -0.39 is 11.9 Å². The highest BCUT2D eigenvalue weighted by molar-refractivity contribution is 5.81. The van der Waals surface area contributed by atoms with Crippen LogP contribution in [0.25, 0.3) is 16.9 Å². The number of rotatable bonds is 6. The minimum atomic E-state index is -0.809. The Morgan fingerprint density at radius 1 is 1.00 bits per heavy atom. The molecular weight excluding hydrogens is 366 g/mol. The second-order valence-electron chi connectivity index (χ2n) is 7.41. The third-order valence-corrected chi connectivity index (χ3v) is 5.46. The summed E-state index contributed by atoms with van der Waals surface area (Å²) in [6.07, 6.45) is 3.54. The van der Waals surface area contributed by atoms with Crippen LogP contribution < -0.4 is 5.32 Å². The minimum Gasteiger partial charge on any atom is -0.481 e. The van der Waals surface area contributed by atoms with Crippen molar-refractivity contribution in [1.82, 2.24) is 15.1 Å². The Morgan fingerprint density at radius 3 is 2.31 bits per heavy atom. The average Bonchev–Trinajstić information content (AvgIpc) is 3.41. The summed E-state index contributed by atoms with van der Waals surface area (Å²) in [6, 6.07) is 19.7. The van der Waals surface area contributed by atoms with Gasteiger partial charge in [0, 0.05) is 29.8 Å². The van der Waals surface area contributed by atoms with E-state index in [2.05, 4.69) is 5.32 Å². The number of nitrogens with one attached hydrogen (secondary N) is 1. The number of carbonyl (C=O) groups excluding carboxylic acids is 1. The number of benzene rings is 2. The number of nitrogens with zero attached hydrogens (tertiary/aromatic N) is 2. The van der Waals surface area contributed by atoms with E-state index in [1.807, 2.05) is 71.5 Å². The van der Waals surface area contributed by atoms with E-state index in [-0.39, 0.29) is 11.8 Å². The van der Waals surface area contributed by atoms with Crippen molar-refractivity contribution in [2.75, 3.05) is 0 Å². The van der Waals surface area contributed by atoms with Gasteiger partial charge in [-0.1, -0.05) is 48.5 Å². The predicted octanol–water partition coefficient (Wildman–Crippen LogP) is 3.66. The molecule has 1 aliphatic rings. The molecule has 0 aliphatic heterocycles. The molecule has 2 atom stereocenters. The standard InChI is InChI=1S/C23H23N3O3/c27-22(17-11-12-18(13-17)23(28)29)24-14-19-15-26(20-9-5-2-6-10-20)25-21(19)16-7-3-1-4-8-16/h1-10,15,17-18H,11-14H2,(H,24,27)(H,28,29)/t17-,18+/m0/s1. The van der Waals surface area contributed by atoms with Crippen molar-refractivity contribution in [3.8, 4) is 16.9 Å². The molecule has 4 rings (SSSR count). The third-order valence-electron chi connectivity index (χ3n) is 5.46. The monoisotopic (exact) mass is 389 g/mol. The number of hydrogen-bond donors (Lipinski definition) is 2. The number of carboxylic acids is 1. The fourth-order valence-corrected chi connectivity index (χ4v) is 3.86. The lowest BCUT2D eigenvalue weighted by molar-refractivity contribution is -0.141. The van der Waals surface area contributed by atoms with Gasteiger partial charge in [-0.3, -0.25) is 9.59 Å². The SMILES string of the molecule is O=C(O)[C@@H]1CC[C@H](C(=O)NCc2cn(-c3ccccc3)nc2-c2ccccc2)C1. The fourth-order valence-electron chi connectivity index (χ4n) is 3.86. The van der Waals surface area contributed by atoms with Crippen LogP contribution in [0.2, 0.25) is 0 Å². The van der Waals surface area contributed by atoms with E-state index >= 15 is 0 Å². The van der Waals surface area contributed by atoms with Gasteiger partial charge in [0.25, 0.3) is 0 Å². The number of aliphatic carboxylic acids is 1. The van der Waals surface area contributed by atoms with Crippen molar-refractivity contribution in [2.45, 2.75) is 25.8 Å². The summed E-state index contributed by atoms with van der Waals surface area (Å²) >= 11 is 0. The summed E-state index contributed by atoms with van der Waals surface area (Å²) in [7, 11) is 0. The first-order chi connectivity index (χ1) is 14.1. The highest BCUT2D eigenvalue weighted by atomic mass is 16.4. The molecule has 0 saturated heterocycles. The van der Waals surface area contributed by atoms with Crippen LogP contribution in [-0.2, 0) is 16.1 Å². The van der Waals surface area contributed by atoms with Crippen molar-refractivity contribution in [3.63, 3.8) is 0 Å². The van der Waals surface area contributed by atoms with Gasteiger partial charge >= 0.3 is 5.97 Å². The van der Waals surface area contributed by atoms with Gasteiger partial charge < -0.3 is 10.4 Å². The van der Waals surface area contributed by atoms with Crippen LogP contribution in [0, 0.1) is 11.8 Å². The number of aromatic nitrogens is 2.